The number of rotatable bonds is 5. The van der Waals surface area contributed by atoms with Gasteiger partial charge in [-0.1, -0.05) is 20.8 Å². The Morgan fingerprint density at radius 1 is 1.26 bits per heavy atom. The van der Waals surface area contributed by atoms with E-state index in [1.165, 1.54) is 0 Å². The second kappa shape index (κ2) is 6.03. The van der Waals surface area contributed by atoms with Crippen molar-refractivity contribution in [2.24, 2.45) is 0 Å². The molecule has 7 heteroatoms. The van der Waals surface area contributed by atoms with Crippen molar-refractivity contribution in [2.45, 2.75) is 50.2 Å². The van der Waals surface area contributed by atoms with Gasteiger partial charge in [0, 0.05) is 12.3 Å². The second-order valence-corrected chi connectivity index (χ2v) is 14.4. The highest BCUT2D eigenvalue weighted by Gasteiger charge is 2.37. The molecule has 1 aromatic rings. The van der Waals surface area contributed by atoms with Crippen LogP contribution < -0.4 is 5.32 Å². The molecule has 0 aliphatic carbocycles. The van der Waals surface area contributed by atoms with Gasteiger partial charge in [0.1, 0.15) is 0 Å². The molecule has 1 aliphatic rings. The van der Waals surface area contributed by atoms with E-state index in [9.17, 15) is 13.2 Å². The molecular formula is C16H25NO4SSi. The van der Waals surface area contributed by atoms with E-state index in [0.29, 0.717) is 5.69 Å². The maximum Gasteiger partial charge on any atom is 0.228 e. The normalized spacial score (nSPS) is 15.4. The molecule has 0 saturated carbocycles. The van der Waals surface area contributed by atoms with E-state index in [4.69, 9.17) is 4.43 Å². The van der Waals surface area contributed by atoms with Gasteiger partial charge >= 0.3 is 0 Å². The summed E-state index contributed by atoms with van der Waals surface area (Å²) in [6, 6.07) is 4.79. The minimum absolute atomic E-state index is 0.0420. The summed E-state index contributed by atoms with van der Waals surface area (Å²) in [4.78, 5) is 11.6. The summed E-state index contributed by atoms with van der Waals surface area (Å²) in [6.45, 7) is 10.8. The Morgan fingerprint density at radius 2 is 1.91 bits per heavy atom. The maximum atomic E-state index is 12.5. The average Bonchev–Trinajstić information content (AvgIpc) is 2.75. The van der Waals surface area contributed by atoms with Crippen LogP contribution >= 0.6 is 0 Å². The largest absolute Gasteiger partial charge is 0.416 e. The van der Waals surface area contributed by atoms with E-state index in [1.54, 1.807) is 18.2 Å². The lowest BCUT2D eigenvalue weighted by molar-refractivity contribution is -0.115. The van der Waals surface area contributed by atoms with Crippen LogP contribution in [-0.4, -0.2) is 35.0 Å². The highest BCUT2D eigenvalue weighted by Crippen LogP contribution is 2.36. The van der Waals surface area contributed by atoms with Crippen LogP contribution in [0, 0.1) is 0 Å². The number of anilines is 1. The molecule has 0 spiro atoms. The minimum Gasteiger partial charge on any atom is -0.416 e. The molecule has 0 radical (unpaired) electrons. The predicted octanol–water partition coefficient (Wildman–Crippen LogP) is 2.98. The molecule has 0 bridgehead atoms. The van der Waals surface area contributed by atoms with Crippen molar-refractivity contribution >= 4 is 29.7 Å². The van der Waals surface area contributed by atoms with Gasteiger partial charge in [0.25, 0.3) is 0 Å². The number of sulfone groups is 1. The molecule has 0 unspecified atom stereocenters. The topological polar surface area (TPSA) is 72.5 Å². The lowest BCUT2D eigenvalue weighted by Gasteiger charge is -2.36. The van der Waals surface area contributed by atoms with E-state index in [2.05, 4.69) is 39.2 Å². The van der Waals surface area contributed by atoms with Crippen molar-refractivity contribution < 1.29 is 17.6 Å². The number of hydrogen-bond donors (Lipinski definition) is 1. The molecule has 23 heavy (non-hydrogen) atoms. The molecule has 1 heterocycles. The van der Waals surface area contributed by atoms with Crippen LogP contribution in [0.4, 0.5) is 5.69 Å². The van der Waals surface area contributed by atoms with Gasteiger partial charge in [0.15, 0.2) is 18.2 Å². The number of nitrogens with one attached hydrogen (secondary N) is 1. The van der Waals surface area contributed by atoms with Crippen LogP contribution in [0.15, 0.2) is 23.1 Å². The van der Waals surface area contributed by atoms with Crippen LogP contribution in [-0.2, 0) is 25.5 Å². The van der Waals surface area contributed by atoms with E-state index < -0.39 is 18.2 Å². The molecule has 128 valence electrons. The molecule has 0 saturated heterocycles. The van der Waals surface area contributed by atoms with Gasteiger partial charge in [-0.05, 0) is 41.9 Å². The van der Waals surface area contributed by atoms with Crippen LogP contribution in [0.25, 0.3) is 0 Å². The third-order valence-corrected chi connectivity index (χ3v) is 10.9. The van der Waals surface area contributed by atoms with Crippen molar-refractivity contribution in [2.75, 3.05) is 17.7 Å². The third-order valence-electron chi connectivity index (χ3n) is 4.68. The van der Waals surface area contributed by atoms with Crippen LogP contribution in [0.2, 0.25) is 18.1 Å². The summed E-state index contributed by atoms with van der Waals surface area (Å²) in [5.74, 6) is -0.143. The Balaban J connectivity index is 2.06. The van der Waals surface area contributed by atoms with Gasteiger partial charge in [-0.2, -0.15) is 0 Å². The van der Waals surface area contributed by atoms with Gasteiger partial charge in [0.2, 0.25) is 5.91 Å². The van der Waals surface area contributed by atoms with Gasteiger partial charge < -0.3 is 9.74 Å². The Hall–Kier alpha value is -1.18. The summed E-state index contributed by atoms with van der Waals surface area (Å²) in [5, 5.41) is 2.75. The zero-order chi connectivity index (χ0) is 17.5. The molecule has 5 nitrogen and oxygen atoms in total. The second-order valence-electron chi connectivity index (χ2n) is 7.47. The monoisotopic (exact) mass is 355 g/mol. The molecule has 0 atom stereocenters. The number of benzene rings is 1. The molecule has 2 rings (SSSR count). The smallest absolute Gasteiger partial charge is 0.228 e. The number of carbonyl (C=O) groups is 1. The summed E-state index contributed by atoms with van der Waals surface area (Å²) in [5.41, 5.74) is 1.44. The Morgan fingerprint density at radius 3 is 2.52 bits per heavy atom. The van der Waals surface area contributed by atoms with Gasteiger partial charge in [0.05, 0.1) is 17.1 Å². The first-order chi connectivity index (χ1) is 10.4. The summed E-state index contributed by atoms with van der Waals surface area (Å²) >= 11 is 0. The van der Waals surface area contributed by atoms with Crippen molar-refractivity contribution in [3.63, 3.8) is 0 Å². The molecule has 1 N–H and O–H groups in total. The Bertz CT molecular complexity index is 720. The van der Waals surface area contributed by atoms with E-state index >= 15 is 0 Å². The molecular weight excluding hydrogens is 330 g/mol. The lowest BCUT2D eigenvalue weighted by atomic mass is 10.2. The van der Waals surface area contributed by atoms with E-state index in [-0.39, 0.29) is 34.6 Å². The van der Waals surface area contributed by atoms with Crippen LogP contribution in [0.3, 0.4) is 0 Å². The fourth-order valence-corrected chi connectivity index (χ4v) is 4.47. The Kier molecular flexibility index (Phi) is 4.76. The molecule has 1 aromatic carbocycles. The maximum absolute atomic E-state index is 12.5. The number of carbonyl (C=O) groups excluding carboxylic acids is 1. The summed E-state index contributed by atoms with van der Waals surface area (Å²) in [7, 11) is -5.36. The Labute approximate surface area is 139 Å². The SMILES string of the molecule is CC(C)(C)[Si](C)(C)OCCS(=O)(=O)c1ccc2c(c1)CC(=O)N2. The van der Waals surface area contributed by atoms with Crippen molar-refractivity contribution in [1.29, 1.82) is 0 Å². The predicted molar refractivity (Wildman–Crippen MR) is 94.0 cm³/mol. The highest BCUT2D eigenvalue weighted by atomic mass is 32.2. The van der Waals surface area contributed by atoms with Gasteiger partial charge in [-0.15, -0.1) is 0 Å². The zero-order valence-electron chi connectivity index (χ0n) is 14.4. The summed E-state index contributed by atoms with van der Waals surface area (Å²) < 4.78 is 30.9. The molecule has 0 fully saturated rings. The zero-order valence-corrected chi connectivity index (χ0v) is 16.2. The van der Waals surface area contributed by atoms with E-state index in [0.717, 1.165) is 5.56 Å². The van der Waals surface area contributed by atoms with Gasteiger partial charge in [-0.25, -0.2) is 8.42 Å². The first kappa shape index (κ1) is 18.2. The quantitative estimate of drug-likeness (QED) is 0.824. The van der Waals surface area contributed by atoms with Gasteiger partial charge in [-0.3, -0.25) is 4.79 Å². The summed E-state index contributed by atoms with van der Waals surface area (Å²) in [6.07, 6.45) is 0.235. The lowest BCUT2D eigenvalue weighted by Crippen LogP contribution is -2.41. The number of fused-ring (bicyclic) bond motifs is 1. The highest BCUT2D eigenvalue weighted by molar-refractivity contribution is 7.91. The number of amides is 1. The fourth-order valence-electron chi connectivity index (χ4n) is 2.14. The van der Waals surface area contributed by atoms with E-state index in [1.807, 2.05) is 0 Å². The third kappa shape index (κ3) is 4.02. The molecule has 1 aliphatic heterocycles. The number of hydrogen-bond acceptors (Lipinski definition) is 4. The van der Waals surface area contributed by atoms with Crippen molar-refractivity contribution in [1.82, 2.24) is 0 Å². The van der Waals surface area contributed by atoms with Crippen molar-refractivity contribution in [3.05, 3.63) is 23.8 Å². The first-order valence-corrected chi connectivity index (χ1v) is 12.3. The first-order valence-electron chi connectivity index (χ1n) is 7.72. The fraction of sp³-hybridized carbons (Fsp3) is 0.562. The van der Waals surface area contributed by atoms with Crippen molar-refractivity contribution in [3.8, 4) is 0 Å². The minimum atomic E-state index is -3.41. The van der Waals surface area contributed by atoms with Crippen LogP contribution in [0.1, 0.15) is 26.3 Å². The average molecular weight is 356 g/mol. The molecule has 0 aromatic heterocycles. The molecule has 1 amide bonds. The standard InChI is InChI=1S/C16H25NO4SSi/c1-16(2,3)23(4,5)21-8-9-22(19,20)13-6-7-14-12(10-13)11-15(18)17-14/h6-7,10H,8-9,11H2,1-5H3,(H,17,18). The van der Waals surface area contributed by atoms with Crippen LogP contribution in [0.5, 0.6) is 0 Å².